The van der Waals surface area contributed by atoms with Crippen LogP contribution in [-0.4, -0.2) is 67.9 Å². The predicted octanol–water partition coefficient (Wildman–Crippen LogP) is 2.93. The summed E-state index contributed by atoms with van der Waals surface area (Å²) in [4.78, 5) is 34.3. The Morgan fingerprint density at radius 3 is 2.12 bits per heavy atom. The Bertz CT molecular complexity index is 956. The quantitative estimate of drug-likeness (QED) is 0.585. The van der Waals surface area contributed by atoms with Gasteiger partial charge in [-0.15, -0.1) is 0 Å². The van der Waals surface area contributed by atoms with Gasteiger partial charge < -0.3 is 20.4 Å². The van der Waals surface area contributed by atoms with E-state index in [1.54, 1.807) is 0 Å². The summed E-state index contributed by atoms with van der Waals surface area (Å²) in [6.45, 7) is 10.7. The van der Waals surface area contributed by atoms with Gasteiger partial charge in [0.1, 0.15) is 5.52 Å². The molecule has 1 fully saturated rings. The minimum Gasteiger partial charge on any atom is -0.478 e. The van der Waals surface area contributed by atoms with Crippen molar-refractivity contribution in [3.63, 3.8) is 0 Å². The van der Waals surface area contributed by atoms with Gasteiger partial charge in [-0.2, -0.15) is 5.10 Å². The first-order chi connectivity index (χ1) is 15.1. The number of nitrogens with one attached hydrogen (secondary N) is 1. The first-order valence-corrected chi connectivity index (χ1v) is 10.7. The topological polar surface area (TPSA) is 125 Å². The number of aliphatic carboxylic acids is 2. The van der Waals surface area contributed by atoms with Crippen LogP contribution in [0.5, 0.6) is 0 Å². The van der Waals surface area contributed by atoms with Crippen LogP contribution in [-0.2, 0) is 9.59 Å². The van der Waals surface area contributed by atoms with Crippen molar-refractivity contribution in [1.29, 1.82) is 0 Å². The Morgan fingerprint density at radius 1 is 1.03 bits per heavy atom. The number of carbonyl (C=O) groups excluding carboxylic acids is 1. The number of nitrogens with zero attached hydrogens (tertiary/aromatic N) is 3. The van der Waals surface area contributed by atoms with Crippen LogP contribution in [0.15, 0.2) is 36.5 Å². The average molecular weight is 445 g/mol. The summed E-state index contributed by atoms with van der Waals surface area (Å²) >= 11 is 0. The molecule has 0 bridgehead atoms. The molecular weight excluding hydrogens is 412 g/mol. The van der Waals surface area contributed by atoms with Gasteiger partial charge in [-0.25, -0.2) is 9.59 Å². The average Bonchev–Trinajstić information content (AvgIpc) is 3.18. The van der Waals surface area contributed by atoms with Crippen LogP contribution in [0.1, 0.15) is 56.9 Å². The maximum absolute atomic E-state index is 12.7. The van der Waals surface area contributed by atoms with E-state index >= 15 is 0 Å². The van der Waals surface area contributed by atoms with Crippen LogP contribution >= 0.6 is 0 Å². The number of hydrogen-bond acceptors (Lipinski definition) is 5. The minimum absolute atomic E-state index is 0.00222. The molecule has 2 aromatic rings. The molecular formula is C23H32N4O5. The molecule has 9 nitrogen and oxygen atoms in total. The Labute approximate surface area is 187 Å². The monoisotopic (exact) mass is 444 g/mol. The number of carboxylic acid groups (broad SMARTS) is 2. The van der Waals surface area contributed by atoms with Crippen molar-refractivity contribution in [3.05, 3.63) is 42.1 Å². The third-order valence-corrected chi connectivity index (χ3v) is 5.29. The number of likely N-dealkylation sites (tertiary alicyclic amines) is 1. The van der Waals surface area contributed by atoms with Gasteiger partial charge >= 0.3 is 11.9 Å². The second-order valence-electron chi connectivity index (χ2n) is 8.33. The molecule has 0 atom stereocenters. The Morgan fingerprint density at radius 2 is 1.62 bits per heavy atom. The summed E-state index contributed by atoms with van der Waals surface area (Å²) in [5, 5.41) is 24.5. The second-order valence-corrected chi connectivity index (χ2v) is 8.33. The number of benzene rings is 1. The first-order valence-electron chi connectivity index (χ1n) is 10.7. The van der Waals surface area contributed by atoms with Crippen LogP contribution in [0, 0.1) is 0 Å². The number of carboxylic acids is 2. The van der Waals surface area contributed by atoms with Crippen molar-refractivity contribution in [2.24, 2.45) is 0 Å². The zero-order chi connectivity index (χ0) is 23.8. The van der Waals surface area contributed by atoms with E-state index in [2.05, 4.69) is 43.0 Å². The van der Waals surface area contributed by atoms with E-state index in [0.717, 1.165) is 36.8 Å². The lowest BCUT2D eigenvalue weighted by atomic mass is 10.0. The molecule has 0 aliphatic carbocycles. The van der Waals surface area contributed by atoms with Crippen LogP contribution < -0.4 is 5.32 Å². The molecule has 0 saturated carbocycles. The molecule has 1 amide bonds. The smallest absolute Gasteiger partial charge is 0.328 e. The molecule has 0 spiro atoms. The minimum atomic E-state index is -1.26. The van der Waals surface area contributed by atoms with Crippen LogP contribution in [0.2, 0.25) is 0 Å². The Hall–Kier alpha value is -3.20. The molecule has 3 rings (SSSR count). The summed E-state index contributed by atoms with van der Waals surface area (Å²) in [5.74, 6) is -2.52. The van der Waals surface area contributed by atoms with Gasteiger partial charge in [0.15, 0.2) is 0 Å². The number of fused-ring (bicyclic) bond motifs is 1. The van der Waals surface area contributed by atoms with Crippen LogP contribution in [0.3, 0.4) is 0 Å². The lowest BCUT2D eigenvalue weighted by Gasteiger charge is -2.34. The maximum Gasteiger partial charge on any atom is 0.328 e. The van der Waals surface area contributed by atoms with Crippen LogP contribution in [0.4, 0.5) is 0 Å². The number of hydrogen-bond donors (Lipinski definition) is 3. The molecule has 2 heterocycles. The van der Waals surface area contributed by atoms with Gasteiger partial charge in [-0.1, -0.05) is 12.1 Å². The highest BCUT2D eigenvalue weighted by Crippen LogP contribution is 2.20. The van der Waals surface area contributed by atoms with Crippen molar-refractivity contribution in [1.82, 2.24) is 20.0 Å². The van der Waals surface area contributed by atoms with Crippen LogP contribution in [0.25, 0.3) is 10.9 Å². The predicted molar refractivity (Wildman–Crippen MR) is 122 cm³/mol. The normalized spacial score (nSPS) is 15.2. The van der Waals surface area contributed by atoms with E-state index in [-0.39, 0.29) is 18.0 Å². The SMILES string of the molecule is CC(C)N1CCC(NC(=O)c2cccc3cn(C(C)C)nc23)CC1.O=C(O)/C=C/C(=O)O. The molecule has 0 unspecified atom stereocenters. The zero-order valence-electron chi connectivity index (χ0n) is 19.0. The molecule has 0 radical (unpaired) electrons. The Balaban J connectivity index is 0.000000390. The molecule has 1 aromatic carbocycles. The molecule has 1 saturated heterocycles. The summed E-state index contributed by atoms with van der Waals surface area (Å²) in [6.07, 6.45) is 5.16. The number of amides is 1. The fourth-order valence-corrected chi connectivity index (χ4v) is 3.48. The standard InChI is InChI=1S/C19H28N4O.C4H4O4/c1-13(2)22-10-8-16(9-11-22)20-19(24)17-7-5-6-15-12-23(14(3)4)21-18(15)17;5-3(6)1-2-4(7)8/h5-7,12-14,16H,8-11H2,1-4H3,(H,20,24);1-2H,(H,5,6)(H,7,8)/b;2-1+. The Kier molecular flexibility index (Phi) is 8.95. The van der Waals surface area contributed by atoms with E-state index in [1.807, 2.05) is 29.1 Å². The second kappa shape index (κ2) is 11.4. The lowest BCUT2D eigenvalue weighted by Crippen LogP contribution is -2.46. The summed E-state index contributed by atoms with van der Waals surface area (Å²) in [6, 6.07) is 6.95. The van der Waals surface area contributed by atoms with E-state index < -0.39 is 11.9 Å². The van der Waals surface area contributed by atoms with Crippen molar-refractivity contribution < 1.29 is 24.6 Å². The van der Waals surface area contributed by atoms with E-state index in [1.165, 1.54) is 0 Å². The highest BCUT2D eigenvalue weighted by atomic mass is 16.4. The van der Waals surface area contributed by atoms with Gasteiger partial charge in [-0.3, -0.25) is 9.48 Å². The molecule has 9 heteroatoms. The summed E-state index contributed by atoms with van der Waals surface area (Å²) in [7, 11) is 0. The number of rotatable bonds is 6. The number of piperidine rings is 1. The molecule has 1 aromatic heterocycles. The number of carbonyl (C=O) groups is 3. The van der Waals surface area contributed by atoms with E-state index in [0.29, 0.717) is 23.8 Å². The highest BCUT2D eigenvalue weighted by Gasteiger charge is 2.23. The molecule has 174 valence electrons. The van der Waals surface area contributed by atoms with Gasteiger partial charge in [-0.05, 0) is 46.6 Å². The molecule has 1 aliphatic rings. The third kappa shape index (κ3) is 7.19. The van der Waals surface area contributed by atoms with Gasteiger partial charge in [0, 0.05) is 55.0 Å². The number of aromatic nitrogens is 2. The van der Waals surface area contributed by atoms with Gasteiger partial charge in [0.05, 0.1) is 5.56 Å². The van der Waals surface area contributed by atoms with Crippen molar-refractivity contribution in [2.75, 3.05) is 13.1 Å². The molecule has 3 N–H and O–H groups in total. The van der Waals surface area contributed by atoms with Gasteiger partial charge in [0.25, 0.3) is 5.91 Å². The van der Waals surface area contributed by atoms with Crippen molar-refractivity contribution >= 4 is 28.7 Å². The first kappa shape index (κ1) is 25.1. The highest BCUT2D eigenvalue weighted by molar-refractivity contribution is 6.05. The van der Waals surface area contributed by atoms with E-state index in [4.69, 9.17) is 10.2 Å². The molecule has 1 aliphatic heterocycles. The van der Waals surface area contributed by atoms with E-state index in [9.17, 15) is 14.4 Å². The fourth-order valence-electron chi connectivity index (χ4n) is 3.48. The van der Waals surface area contributed by atoms with Crippen molar-refractivity contribution in [3.8, 4) is 0 Å². The maximum atomic E-state index is 12.7. The summed E-state index contributed by atoms with van der Waals surface area (Å²) in [5.41, 5.74) is 1.47. The molecule has 32 heavy (non-hydrogen) atoms. The fraction of sp³-hybridized carbons (Fsp3) is 0.478. The largest absolute Gasteiger partial charge is 0.478 e. The summed E-state index contributed by atoms with van der Waals surface area (Å²) < 4.78 is 1.92. The third-order valence-electron chi connectivity index (χ3n) is 5.29. The van der Waals surface area contributed by atoms with Crippen molar-refractivity contribution in [2.45, 2.75) is 58.7 Å². The zero-order valence-corrected chi connectivity index (χ0v) is 19.0. The lowest BCUT2D eigenvalue weighted by molar-refractivity contribution is -0.134. The van der Waals surface area contributed by atoms with Gasteiger partial charge in [0.2, 0.25) is 0 Å².